The molecule has 0 aliphatic rings. The molecular weight excluding hydrogens is 187 g/mol. The number of carbonyl (C=O) groups excluding carboxylic acids is 1. The number of ether oxygens (including phenoxy) is 1. The van der Waals surface area contributed by atoms with Crippen LogP contribution in [0.3, 0.4) is 0 Å². The average molecular weight is 198 g/mol. The smallest absolute Gasteiger partial charge is 0.254 e. The van der Waals surface area contributed by atoms with Gasteiger partial charge in [-0.3, -0.25) is 4.79 Å². The van der Waals surface area contributed by atoms with E-state index in [-0.39, 0.29) is 17.0 Å². The molecule has 0 unspecified atom stereocenters. The summed E-state index contributed by atoms with van der Waals surface area (Å²) >= 11 is 0. The van der Waals surface area contributed by atoms with Crippen molar-refractivity contribution in [3.05, 3.63) is 23.5 Å². The normalized spacial score (nSPS) is 9.64. The predicted molar refractivity (Wildman–Crippen MR) is 50.8 cm³/mol. The van der Waals surface area contributed by atoms with Gasteiger partial charge in [0.2, 0.25) is 0 Å². The van der Waals surface area contributed by atoms with Crippen molar-refractivity contribution in [3.8, 4) is 5.75 Å². The molecule has 0 radical (unpaired) electrons. The molecule has 0 atom stereocenters. The van der Waals surface area contributed by atoms with Crippen molar-refractivity contribution in [1.29, 1.82) is 0 Å². The molecule has 1 aromatic carbocycles. The van der Waals surface area contributed by atoms with E-state index in [0.29, 0.717) is 0 Å². The molecule has 0 spiro atoms. The molecule has 3 N–H and O–H groups in total. The fourth-order valence-electron chi connectivity index (χ4n) is 1.05. The maximum atomic E-state index is 13.2. The molecule has 0 bridgehead atoms. The van der Waals surface area contributed by atoms with Gasteiger partial charge < -0.3 is 15.8 Å². The summed E-state index contributed by atoms with van der Waals surface area (Å²) in [7, 11) is 2.82. The summed E-state index contributed by atoms with van der Waals surface area (Å²) in [4.78, 5) is 11.2. The number of methoxy groups -OCH3 is 1. The van der Waals surface area contributed by atoms with Gasteiger partial charge in [-0.05, 0) is 6.07 Å². The number of carbonyl (C=O) groups is 1. The number of amides is 1. The third kappa shape index (κ3) is 1.76. The topological polar surface area (TPSA) is 64.3 Å². The Morgan fingerprint density at radius 2 is 2.21 bits per heavy atom. The van der Waals surface area contributed by atoms with E-state index < -0.39 is 11.7 Å². The molecule has 5 heteroatoms. The molecule has 1 rings (SSSR count). The summed E-state index contributed by atoms with van der Waals surface area (Å²) in [6, 6.07) is 2.33. The molecule has 0 saturated carbocycles. The number of rotatable bonds is 2. The van der Waals surface area contributed by atoms with Crippen LogP contribution in [-0.2, 0) is 0 Å². The van der Waals surface area contributed by atoms with Gasteiger partial charge in [0.1, 0.15) is 11.6 Å². The van der Waals surface area contributed by atoms with E-state index in [0.717, 1.165) is 6.07 Å². The van der Waals surface area contributed by atoms with Crippen LogP contribution in [-0.4, -0.2) is 20.1 Å². The number of hydrogen-bond acceptors (Lipinski definition) is 3. The first-order valence-corrected chi connectivity index (χ1v) is 3.95. The van der Waals surface area contributed by atoms with E-state index in [4.69, 9.17) is 10.5 Å². The van der Waals surface area contributed by atoms with Crippen LogP contribution in [0.25, 0.3) is 0 Å². The summed E-state index contributed by atoms with van der Waals surface area (Å²) in [6.07, 6.45) is 0. The minimum absolute atomic E-state index is 0.0847. The number of benzene rings is 1. The van der Waals surface area contributed by atoms with Gasteiger partial charge in [0.25, 0.3) is 5.91 Å². The Hall–Kier alpha value is -1.78. The molecule has 1 amide bonds. The maximum absolute atomic E-state index is 13.2. The molecule has 0 fully saturated rings. The van der Waals surface area contributed by atoms with Crippen LogP contribution in [0, 0.1) is 5.82 Å². The quantitative estimate of drug-likeness (QED) is 0.690. The van der Waals surface area contributed by atoms with E-state index in [1.807, 2.05) is 0 Å². The molecular formula is C9H11FN2O2. The number of hydrogen-bond donors (Lipinski definition) is 2. The molecule has 0 aliphatic carbocycles. The molecule has 4 nitrogen and oxygen atoms in total. The van der Waals surface area contributed by atoms with Crippen LogP contribution in [0.2, 0.25) is 0 Å². The van der Waals surface area contributed by atoms with Gasteiger partial charge in [-0.15, -0.1) is 0 Å². The molecule has 0 heterocycles. The second kappa shape index (κ2) is 3.95. The zero-order valence-corrected chi connectivity index (χ0v) is 7.93. The van der Waals surface area contributed by atoms with E-state index in [1.165, 1.54) is 20.2 Å². The lowest BCUT2D eigenvalue weighted by atomic mass is 10.1. The fourth-order valence-corrected chi connectivity index (χ4v) is 1.05. The van der Waals surface area contributed by atoms with Crippen LogP contribution in [0.1, 0.15) is 10.4 Å². The number of nitrogen functional groups attached to an aromatic ring is 1. The highest BCUT2D eigenvalue weighted by Gasteiger charge is 2.13. The highest BCUT2D eigenvalue weighted by atomic mass is 19.1. The van der Waals surface area contributed by atoms with E-state index in [9.17, 15) is 9.18 Å². The van der Waals surface area contributed by atoms with Crippen molar-refractivity contribution in [2.24, 2.45) is 0 Å². The number of anilines is 1. The van der Waals surface area contributed by atoms with Crippen LogP contribution in [0.4, 0.5) is 10.1 Å². The molecule has 14 heavy (non-hydrogen) atoms. The lowest BCUT2D eigenvalue weighted by molar-refractivity contribution is 0.0959. The largest absolute Gasteiger partial charge is 0.495 e. The summed E-state index contributed by atoms with van der Waals surface area (Å²) in [6.45, 7) is 0. The van der Waals surface area contributed by atoms with Crippen LogP contribution < -0.4 is 15.8 Å². The average Bonchev–Trinajstić information content (AvgIpc) is 2.17. The van der Waals surface area contributed by atoms with Crippen molar-refractivity contribution in [2.75, 3.05) is 19.9 Å². The van der Waals surface area contributed by atoms with Gasteiger partial charge in [0.05, 0.1) is 18.4 Å². The van der Waals surface area contributed by atoms with E-state index in [1.54, 1.807) is 0 Å². The van der Waals surface area contributed by atoms with Crippen molar-refractivity contribution in [2.45, 2.75) is 0 Å². The lowest BCUT2D eigenvalue weighted by Crippen LogP contribution is -2.19. The van der Waals surface area contributed by atoms with Gasteiger partial charge in [-0.25, -0.2) is 4.39 Å². The number of halogens is 1. The van der Waals surface area contributed by atoms with Gasteiger partial charge in [0.15, 0.2) is 0 Å². The number of nitrogens with two attached hydrogens (primary N) is 1. The van der Waals surface area contributed by atoms with Crippen LogP contribution in [0.15, 0.2) is 12.1 Å². The fraction of sp³-hybridized carbons (Fsp3) is 0.222. The first-order chi connectivity index (χ1) is 6.60. The molecule has 76 valence electrons. The maximum Gasteiger partial charge on any atom is 0.254 e. The highest BCUT2D eigenvalue weighted by Crippen LogP contribution is 2.24. The predicted octanol–water partition coefficient (Wildman–Crippen LogP) is 0.776. The van der Waals surface area contributed by atoms with Crippen LogP contribution in [0.5, 0.6) is 5.75 Å². The first kappa shape index (κ1) is 10.3. The Balaban J connectivity index is 3.24. The van der Waals surface area contributed by atoms with Crippen LogP contribution >= 0.6 is 0 Å². The third-order valence-electron chi connectivity index (χ3n) is 1.79. The summed E-state index contributed by atoms with van der Waals surface area (Å²) in [5, 5.41) is 2.32. The van der Waals surface area contributed by atoms with Crippen molar-refractivity contribution < 1.29 is 13.9 Å². The minimum Gasteiger partial charge on any atom is -0.495 e. The van der Waals surface area contributed by atoms with Gasteiger partial charge in [-0.2, -0.15) is 0 Å². The van der Waals surface area contributed by atoms with E-state index in [2.05, 4.69) is 5.32 Å². The Bertz CT molecular complexity index is 366. The number of nitrogens with one attached hydrogen (secondary N) is 1. The Labute approximate surface area is 80.9 Å². The summed E-state index contributed by atoms with van der Waals surface area (Å²) in [5.74, 6) is -0.895. The van der Waals surface area contributed by atoms with Crippen molar-refractivity contribution in [1.82, 2.24) is 5.32 Å². The van der Waals surface area contributed by atoms with E-state index >= 15 is 0 Å². The highest BCUT2D eigenvalue weighted by molar-refractivity contribution is 5.95. The third-order valence-corrected chi connectivity index (χ3v) is 1.79. The Morgan fingerprint density at radius 3 is 2.71 bits per heavy atom. The minimum atomic E-state index is -0.664. The monoisotopic (exact) mass is 198 g/mol. The van der Waals surface area contributed by atoms with Crippen molar-refractivity contribution >= 4 is 11.6 Å². The second-order valence-corrected chi connectivity index (χ2v) is 2.65. The SMILES string of the molecule is CNC(=O)c1cc(OC)c(N)cc1F. The molecule has 0 saturated heterocycles. The van der Waals surface area contributed by atoms with Gasteiger partial charge in [0, 0.05) is 13.1 Å². The van der Waals surface area contributed by atoms with Gasteiger partial charge in [-0.1, -0.05) is 0 Å². The lowest BCUT2D eigenvalue weighted by Gasteiger charge is -2.07. The molecule has 0 aliphatic heterocycles. The second-order valence-electron chi connectivity index (χ2n) is 2.65. The summed E-state index contributed by atoms with van der Waals surface area (Å²) < 4.78 is 18.1. The Morgan fingerprint density at radius 1 is 1.57 bits per heavy atom. The molecule has 0 aromatic heterocycles. The zero-order chi connectivity index (χ0) is 10.7. The van der Waals surface area contributed by atoms with Crippen molar-refractivity contribution in [3.63, 3.8) is 0 Å². The standard InChI is InChI=1S/C9H11FN2O2/c1-12-9(13)5-3-8(14-2)7(11)4-6(5)10/h3-4H,11H2,1-2H3,(H,12,13). The zero-order valence-electron chi connectivity index (χ0n) is 7.93. The Kier molecular flexibility index (Phi) is 2.91. The first-order valence-electron chi connectivity index (χ1n) is 3.95. The summed E-state index contributed by atoms with van der Waals surface area (Å²) in [5.41, 5.74) is 5.53. The van der Waals surface area contributed by atoms with Gasteiger partial charge >= 0.3 is 0 Å². The molecule has 1 aromatic rings.